The molecule has 0 atom stereocenters. The van der Waals surface area contributed by atoms with Gasteiger partial charge in [-0.15, -0.1) is 0 Å². The molecule has 0 aliphatic heterocycles. The molecule has 0 aliphatic rings. The average Bonchev–Trinajstić information content (AvgIpc) is 3.37. The Labute approximate surface area is 192 Å². The maximum Gasteiger partial charge on any atom is 0.221 e. The van der Waals surface area contributed by atoms with Crippen LogP contribution in [0.5, 0.6) is 0 Å². The van der Waals surface area contributed by atoms with Crippen molar-refractivity contribution in [3.63, 3.8) is 0 Å². The summed E-state index contributed by atoms with van der Waals surface area (Å²) in [5, 5.41) is 1.88. The van der Waals surface area contributed by atoms with Crippen LogP contribution in [-0.4, -0.2) is 5.78 Å². The van der Waals surface area contributed by atoms with Crippen LogP contribution in [0.4, 0.5) is 0 Å². The predicted octanol–water partition coefficient (Wildman–Crippen LogP) is 8.72. The van der Waals surface area contributed by atoms with Gasteiger partial charge in [-0.1, -0.05) is 46.4 Å². The van der Waals surface area contributed by atoms with Gasteiger partial charge in [0, 0.05) is 21.2 Å². The van der Waals surface area contributed by atoms with E-state index in [-0.39, 0.29) is 11.5 Å². The second-order valence-electron chi connectivity index (χ2n) is 6.35. The van der Waals surface area contributed by atoms with Gasteiger partial charge in [-0.2, -0.15) is 0 Å². The van der Waals surface area contributed by atoms with E-state index < -0.39 is 0 Å². The molecule has 7 heteroatoms. The quantitative estimate of drug-likeness (QED) is 0.213. The van der Waals surface area contributed by atoms with E-state index in [2.05, 4.69) is 0 Å². The highest BCUT2D eigenvalue weighted by Gasteiger charge is 2.12. The van der Waals surface area contributed by atoms with Crippen LogP contribution in [-0.2, 0) is 0 Å². The summed E-state index contributed by atoms with van der Waals surface area (Å²) in [6.07, 6.45) is 2.95. The zero-order valence-corrected chi connectivity index (χ0v) is 18.2. The highest BCUT2D eigenvalue weighted by molar-refractivity contribution is 6.42. The Morgan fingerprint density at radius 1 is 0.700 bits per heavy atom. The molecular weight excluding hydrogens is 466 g/mol. The monoisotopic (exact) mass is 476 g/mol. The van der Waals surface area contributed by atoms with Crippen molar-refractivity contribution in [3.05, 3.63) is 98.4 Å². The molecule has 0 fully saturated rings. The largest absolute Gasteiger partial charge is 0.457 e. The van der Waals surface area contributed by atoms with E-state index in [1.165, 1.54) is 6.08 Å². The summed E-state index contributed by atoms with van der Waals surface area (Å²) in [6.45, 7) is 0. The number of hydrogen-bond acceptors (Lipinski definition) is 3. The fraction of sp³-hybridized carbons (Fsp3) is 0. The molecule has 0 bridgehead atoms. The van der Waals surface area contributed by atoms with E-state index in [1.54, 1.807) is 66.7 Å². The zero-order valence-electron chi connectivity index (χ0n) is 15.2. The Bertz CT molecular complexity index is 1250. The van der Waals surface area contributed by atoms with Crippen LogP contribution in [0.2, 0.25) is 20.1 Å². The number of ketones is 1. The van der Waals surface area contributed by atoms with Gasteiger partial charge in [0.2, 0.25) is 5.78 Å². The molecule has 0 unspecified atom stereocenters. The molecule has 2 aromatic carbocycles. The Balaban J connectivity index is 1.50. The minimum atomic E-state index is -0.301. The minimum absolute atomic E-state index is 0.195. The van der Waals surface area contributed by atoms with E-state index in [0.717, 1.165) is 11.1 Å². The SMILES string of the molecule is O=C(C=Cc1ccc(-c2cc(Cl)cc(Cl)c2)o1)c1ccc(-c2ccc(Cl)c(Cl)c2)o1. The van der Waals surface area contributed by atoms with Gasteiger partial charge in [0.15, 0.2) is 5.76 Å². The minimum Gasteiger partial charge on any atom is -0.457 e. The lowest BCUT2D eigenvalue weighted by atomic mass is 10.2. The third-order valence-electron chi connectivity index (χ3n) is 4.23. The van der Waals surface area contributed by atoms with Crippen molar-refractivity contribution in [2.45, 2.75) is 0 Å². The van der Waals surface area contributed by atoms with Gasteiger partial charge in [0.1, 0.15) is 17.3 Å². The van der Waals surface area contributed by atoms with Crippen LogP contribution < -0.4 is 0 Å². The molecular formula is C23H12Cl4O3. The van der Waals surface area contributed by atoms with Crippen molar-refractivity contribution < 1.29 is 13.6 Å². The fourth-order valence-electron chi connectivity index (χ4n) is 2.81. The van der Waals surface area contributed by atoms with Crippen molar-refractivity contribution in [1.29, 1.82) is 0 Å². The summed E-state index contributed by atoms with van der Waals surface area (Å²) in [5.41, 5.74) is 1.47. The molecule has 30 heavy (non-hydrogen) atoms. The molecule has 4 aromatic rings. The van der Waals surface area contributed by atoms with Gasteiger partial charge in [0.25, 0.3) is 0 Å². The molecule has 0 amide bonds. The van der Waals surface area contributed by atoms with Crippen LogP contribution in [0, 0.1) is 0 Å². The van der Waals surface area contributed by atoms with Crippen molar-refractivity contribution in [2.24, 2.45) is 0 Å². The Morgan fingerprint density at radius 3 is 2.13 bits per heavy atom. The van der Waals surface area contributed by atoms with E-state index in [9.17, 15) is 4.79 Å². The van der Waals surface area contributed by atoms with Gasteiger partial charge in [-0.25, -0.2) is 0 Å². The lowest BCUT2D eigenvalue weighted by Crippen LogP contribution is -1.90. The lowest BCUT2D eigenvalue weighted by molar-refractivity contribution is 0.102. The molecule has 0 saturated heterocycles. The summed E-state index contributed by atoms with van der Waals surface area (Å²) in [7, 11) is 0. The number of carbonyl (C=O) groups excluding carboxylic acids is 1. The van der Waals surface area contributed by atoms with Crippen LogP contribution in [0.25, 0.3) is 28.7 Å². The second-order valence-corrected chi connectivity index (χ2v) is 8.04. The van der Waals surface area contributed by atoms with Crippen LogP contribution in [0.15, 0.2) is 75.6 Å². The maximum atomic E-state index is 12.4. The molecule has 0 radical (unpaired) electrons. The van der Waals surface area contributed by atoms with E-state index in [0.29, 0.717) is 37.4 Å². The number of hydrogen-bond donors (Lipinski definition) is 0. The first-order valence-corrected chi connectivity index (χ1v) is 10.2. The summed E-state index contributed by atoms with van der Waals surface area (Å²) < 4.78 is 11.4. The first-order valence-electron chi connectivity index (χ1n) is 8.73. The smallest absolute Gasteiger partial charge is 0.221 e. The summed E-state index contributed by atoms with van der Waals surface area (Å²) in [5.74, 6) is 1.51. The summed E-state index contributed by atoms with van der Waals surface area (Å²) in [6, 6.07) is 17.1. The second kappa shape index (κ2) is 8.75. The lowest BCUT2D eigenvalue weighted by Gasteiger charge is -1.99. The normalized spacial score (nSPS) is 11.3. The van der Waals surface area contributed by atoms with Gasteiger partial charge in [-0.05, 0) is 72.8 Å². The van der Waals surface area contributed by atoms with E-state index in [4.69, 9.17) is 55.2 Å². The molecule has 0 saturated carbocycles. The molecule has 2 heterocycles. The predicted molar refractivity (Wildman–Crippen MR) is 122 cm³/mol. The van der Waals surface area contributed by atoms with Crippen molar-refractivity contribution >= 4 is 58.3 Å². The molecule has 3 nitrogen and oxygen atoms in total. The number of allylic oxidation sites excluding steroid dienone is 1. The van der Waals surface area contributed by atoms with Gasteiger partial charge in [0.05, 0.1) is 10.0 Å². The van der Waals surface area contributed by atoms with Gasteiger partial charge < -0.3 is 8.83 Å². The molecule has 4 rings (SSSR count). The number of halogens is 4. The van der Waals surface area contributed by atoms with E-state index in [1.807, 2.05) is 0 Å². The van der Waals surface area contributed by atoms with Crippen LogP contribution in [0.1, 0.15) is 16.3 Å². The average molecular weight is 478 g/mol. The van der Waals surface area contributed by atoms with Crippen LogP contribution >= 0.6 is 46.4 Å². The number of rotatable bonds is 5. The van der Waals surface area contributed by atoms with Crippen LogP contribution in [0.3, 0.4) is 0 Å². The zero-order chi connectivity index (χ0) is 21.3. The maximum absolute atomic E-state index is 12.4. The fourth-order valence-corrected chi connectivity index (χ4v) is 3.63. The molecule has 0 N–H and O–H groups in total. The van der Waals surface area contributed by atoms with Crippen molar-refractivity contribution in [2.75, 3.05) is 0 Å². The number of benzene rings is 2. The molecule has 2 aromatic heterocycles. The third kappa shape index (κ3) is 4.66. The highest BCUT2D eigenvalue weighted by atomic mass is 35.5. The van der Waals surface area contributed by atoms with Crippen molar-refractivity contribution in [3.8, 4) is 22.6 Å². The number of furan rings is 2. The summed E-state index contributed by atoms with van der Waals surface area (Å²) >= 11 is 24.0. The molecule has 0 aliphatic carbocycles. The van der Waals surface area contributed by atoms with E-state index >= 15 is 0 Å². The first kappa shape index (κ1) is 20.8. The third-order valence-corrected chi connectivity index (χ3v) is 5.40. The topological polar surface area (TPSA) is 43.4 Å². The summed E-state index contributed by atoms with van der Waals surface area (Å²) in [4.78, 5) is 12.4. The molecule has 150 valence electrons. The Morgan fingerprint density at radius 2 is 1.40 bits per heavy atom. The number of carbonyl (C=O) groups is 1. The first-order chi connectivity index (χ1) is 14.4. The Hall–Kier alpha value is -2.43. The van der Waals surface area contributed by atoms with Gasteiger partial charge in [-0.3, -0.25) is 4.79 Å². The molecule has 0 spiro atoms. The highest BCUT2D eigenvalue weighted by Crippen LogP contribution is 2.31. The van der Waals surface area contributed by atoms with Gasteiger partial charge >= 0.3 is 0 Å². The standard InChI is InChI=1S/C23H12Cl4O3/c24-15-9-14(10-16(25)12-15)22-6-3-17(29-22)2-5-20(28)23-8-7-21(30-23)13-1-4-18(26)19(27)11-13/h1-12H. The van der Waals surface area contributed by atoms with Crippen molar-refractivity contribution in [1.82, 2.24) is 0 Å². The Kier molecular flexibility index (Phi) is 6.07.